The number of hydrogen-bond acceptors (Lipinski definition) is 5. The zero-order chi connectivity index (χ0) is 29.3. The second-order valence-electron chi connectivity index (χ2n) is 12.8. The Kier molecular flexibility index (Phi) is 29.2. The first kappa shape index (κ1) is 40.4. The third-order valence-corrected chi connectivity index (χ3v) is 6.49. The van der Waals surface area contributed by atoms with Gasteiger partial charge in [0.25, 0.3) is 0 Å². The zero-order valence-corrected chi connectivity index (χ0v) is 28.6. The van der Waals surface area contributed by atoms with Crippen molar-refractivity contribution in [1.29, 1.82) is 0 Å². The second-order valence-corrected chi connectivity index (χ2v) is 13.6. The number of rotatable bonds is 24. The summed E-state index contributed by atoms with van der Waals surface area (Å²) in [7, 11) is 0. The molecular weight excluding hydrogens is 544 g/mol. The molecule has 0 aromatic heterocycles. The van der Waals surface area contributed by atoms with Crippen LogP contribution in [0.25, 0.3) is 0 Å². The van der Waals surface area contributed by atoms with Gasteiger partial charge in [0.15, 0.2) is 0 Å². The van der Waals surface area contributed by atoms with E-state index in [9.17, 15) is 0 Å². The predicted octanol–water partition coefficient (Wildman–Crippen LogP) is 8.40. The van der Waals surface area contributed by atoms with Gasteiger partial charge in [0, 0.05) is 5.33 Å². The fourth-order valence-corrected chi connectivity index (χ4v) is 5.32. The van der Waals surface area contributed by atoms with E-state index in [2.05, 4.69) is 85.2 Å². The number of hydrogen-bond donors (Lipinski definition) is 1. The maximum atomic E-state index is 8.63. The van der Waals surface area contributed by atoms with E-state index in [4.69, 9.17) is 24.1 Å². The maximum absolute atomic E-state index is 8.63. The van der Waals surface area contributed by atoms with E-state index in [1.54, 1.807) is 0 Å². The summed E-state index contributed by atoms with van der Waals surface area (Å²) in [4.78, 5) is 0. The first-order chi connectivity index (χ1) is 17.9. The van der Waals surface area contributed by atoms with Gasteiger partial charge in [-0.15, -0.1) is 0 Å². The summed E-state index contributed by atoms with van der Waals surface area (Å²) in [6.07, 6.45) is 7.86. The molecule has 6 heteroatoms. The van der Waals surface area contributed by atoms with E-state index in [1.807, 2.05) is 0 Å². The highest BCUT2D eigenvalue weighted by molar-refractivity contribution is 9.09. The normalized spacial score (nSPS) is 15.2. The van der Waals surface area contributed by atoms with Crippen molar-refractivity contribution in [3.05, 3.63) is 0 Å². The van der Waals surface area contributed by atoms with Crippen LogP contribution >= 0.6 is 15.9 Å². The van der Waals surface area contributed by atoms with Crippen molar-refractivity contribution in [2.45, 2.75) is 120 Å². The minimum Gasteiger partial charge on any atom is -0.394 e. The van der Waals surface area contributed by atoms with Gasteiger partial charge in [-0.2, -0.15) is 0 Å². The Balaban J connectivity index is 0. The van der Waals surface area contributed by atoms with Gasteiger partial charge in [-0.25, -0.2) is 0 Å². The fraction of sp³-hybridized carbons (Fsp3) is 1.00. The van der Waals surface area contributed by atoms with Crippen molar-refractivity contribution in [3.8, 4) is 0 Å². The van der Waals surface area contributed by atoms with Crippen LogP contribution in [-0.2, 0) is 18.9 Å². The summed E-state index contributed by atoms with van der Waals surface area (Å²) in [5.41, 5.74) is 0. The topological polar surface area (TPSA) is 57.2 Å². The third-order valence-electron chi connectivity index (χ3n) is 6.17. The van der Waals surface area contributed by atoms with Crippen LogP contribution in [0, 0.1) is 35.5 Å². The standard InChI is InChI=1S/C16H33BrO2.C16H34O3/c2*1-13(2)10-15(5)12-16(11-14(3)4)19-9-8-18-7-6-17/h13-16H,6-12H2,1-5H3;13-17H,6-12H2,1-5H3. The molecule has 0 aliphatic heterocycles. The molecule has 0 saturated carbocycles. The maximum Gasteiger partial charge on any atom is 0.0704 e. The van der Waals surface area contributed by atoms with Gasteiger partial charge in [-0.1, -0.05) is 85.2 Å². The molecule has 0 aliphatic rings. The van der Waals surface area contributed by atoms with Gasteiger partial charge >= 0.3 is 0 Å². The lowest BCUT2D eigenvalue weighted by Crippen LogP contribution is -2.22. The van der Waals surface area contributed by atoms with E-state index < -0.39 is 0 Å². The highest BCUT2D eigenvalue weighted by atomic mass is 79.9. The minimum absolute atomic E-state index is 0.0842. The lowest BCUT2D eigenvalue weighted by atomic mass is 9.91. The fourth-order valence-electron chi connectivity index (χ4n) is 5.09. The van der Waals surface area contributed by atoms with Gasteiger partial charge in [0.05, 0.1) is 58.5 Å². The highest BCUT2D eigenvalue weighted by Crippen LogP contribution is 2.23. The van der Waals surface area contributed by atoms with Crippen molar-refractivity contribution >= 4 is 15.9 Å². The Morgan fingerprint density at radius 2 is 0.842 bits per heavy atom. The molecule has 1 N–H and O–H groups in total. The Morgan fingerprint density at radius 3 is 1.16 bits per heavy atom. The molecule has 5 nitrogen and oxygen atoms in total. The molecule has 0 bridgehead atoms. The SMILES string of the molecule is CC(C)CC(C)CC(CC(C)C)OCCOCCBr.CC(C)CC(C)CC(CC(C)C)OCCOCCO. The van der Waals surface area contributed by atoms with Crippen LogP contribution in [-0.4, -0.2) is 68.9 Å². The van der Waals surface area contributed by atoms with Crippen LogP contribution in [0.1, 0.15) is 108 Å². The molecule has 0 spiro atoms. The zero-order valence-electron chi connectivity index (χ0n) is 27.0. The van der Waals surface area contributed by atoms with Crippen LogP contribution in [0.15, 0.2) is 0 Å². The van der Waals surface area contributed by atoms with E-state index in [1.165, 1.54) is 19.3 Å². The van der Waals surface area contributed by atoms with Crippen molar-refractivity contribution < 1.29 is 24.1 Å². The van der Waals surface area contributed by atoms with Gasteiger partial charge < -0.3 is 24.1 Å². The van der Waals surface area contributed by atoms with Crippen molar-refractivity contribution in [2.75, 3.05) is 51.6 Å². The quantitative estimate of drug-likeness (QED) is 0.0878. The highest BCUT2D eigenvalue weighted by Gasteiger charge is 2.17. The lowest BCUT2D eigenvalue weighted by Gasteiger charge is -2.24. The van der Waals surface area contributed by atoms with E-state index in [-0.39, 0.29) is 6.61 Å². The summed E-state index contributed by atoms with van der Waals surface area (Å²) < 4.78 is 22.6. The molecule has 0 radical (unpaired) electrons. The van der Waals surface area contributed by atoms with E-state index >= 15 is 0 Å². The lowest BCUT2D eigenvalue weighted by molar-refractivity contribution is -0.0187. The number of alkyl halides is 1. The van der Waals surface area contributed by atoms with Gasteiger partial charge in [0.1, 0.15) is 0 Å². The number of halogens is 1. The van der Waals surface area contributed by atoms with Gasteiger partial charge in [-0.05, 0) is 74.0 Å². The van der Waals surface area contributed by atoms with Gasteiger partial charge in [0.2, 0.25) is 0 Å². The summed E-state index contributed by atoms with van der Waals surface area (Å²) in [6.45, 7) is 26.7. The van der Waals surface area contributed by atoms with Crippen molar-refractivity contribution in [2.24, 2.45) is 35.5 Å². The number of ether oxygens (including phenoxy) is 4. The summed E-state index contributed by atoms with van der Waals surface area (Å²) >= 11 is 3.35. The molecule has 38 heavy (non-hydrogen) atoms. The van der Waals surface area contributed by atoms with Crippen molar-refractivity contribution in [3.63, 3.8) is 0 Å². The molecule has 0 aliphatic carbocycles. The molecule has 0 fully saturated rings. The van der Waals surface area contributed by atoms with Crippen LogP contribution < -0.4 is 0 Å². The van der Waals surface area contributed by atoms with Crippen LogP contribution in [0.5, 0.6) is 0 Å². The largest absolute Gasteiger partial charge is 0.394 e. The Morgan fingerprint density at radius 1 is 0.474 bits per heavy atom. The van der Waals surface area contributed by atoms with Gasteiger partial charge in [-0.3, -0.25) is 0 Å². The molecule has 232 valence electrons. The molecule has 4 unspecified atom stereocenters. The van der Waals surface area contributed by atoms with Crippen LogP contribution in [0.4, 0.5) is 0 Å². The molecule has 0 aromatic rings. The average Bonchev–Trinajstić information content (AvgIpc) is 2.77. The molecule has 0 amide bonds. The second kappa shape index (κ2) is 27.4. The summed E-state index contributed by atoms with van der Waals surface area (Å²) in [5.74, 6) is 4.34. The first-order valence-corrected chi connectivity index (χ1v) is 16.6. The molecule has 4 atom stereocenters. The molecule has 0 aromatic carbocycles. The molecular formula is C32H67BrO5. The van der Waals surface area contributed by atoms with Crippen molar-refractivity contribution in [1.82, 2.24) is 0 Å². The van der Waals surface area contributed by atoms with Crippen LogP contribution in [0.2, 0.25) is 0 Å². The number of aliphatic hydroxyl groups excluding tert-OH is 1. The Bertz CT molecular complexity index is 431. The third kappa shape index (κ3) is 30.8. The van der Waals surface area contributed by atoms with E-state index in [0.29, 0.717) is 56.4 Å². The predicted molar refractivity (Wildman–Crippen MR) is 167 cm³/mol. The average molecular weight is 612 g/mol. The molecule has 0 heterocycles. The molecule has 0 saturated heterocycles. The monoisotopic (exact) mass is 610 g/mol. The first-order valence-electron chi connectivity index (χ1n) is 15.5. The smallest absolute Gasteiger partial charge is 0.0704 e. The molecule has 0 rings (SSSR count). The summed E-state index contributed by atoms with van der Waals surface area (Å²) in [5, 5.41) is 9.53. The Labute approximate surface area is 246 Å². The Hall–Kier alpha value is 0.280. The van der Waals surface area contributed by atoms with Crippen LogP contribution in [0.3, 0.4) is 0 Å². The minimum atomic E-state index is 0.0842. The van der Waals surface area contributed by atoms with E-state index in [0.717, 1.165) is 55.6 Å². The summed E-state index contributed by atoms with van der Waals surface area (Å²) in [6, 6.07) is 0. The number of aliphatic hydroxyl groups is 1.